The first kappa shape index (κ1) is 18.1. The van der Waals surface area contributed by atoms with Crippen molar-refractivity contribution in [2.24, 2.45) is 0 Å². The zero-order chi connectivity index (χ0) is 20.1. The molecular formula is C21H15N3O5. The van der Waals surface area contributed by atoms with Crippen molar-refractivity contribution in [1.82, 2.24) is 4.98 Å². The van der Waals surface area contributed by atoms with Gasteiger partial charge in [-0.25, -0.2) is 0 Å². The van der Waals surface area contributed by atoms with E-state index in [0.717, 1.165) is 6.26 Å². The molecule has 2 N–H and O–H groups in total. The van der Waals surface area contributed by atoms with Crippen molar-refractivity contribution in [2.75, 3.05) is 10.6 Å². The lowest BCUT2D eigenvalue weighted by atomic mass is 10.2. The van der Waals surface area contributed by atoms with Gasteiger partial charge in [-0.05, 0) is 36.4 Å². The zero-order valence-electron chi connectivity index (χ0n) is 15.0. The Morgan fingerprint density at radius 3 is 2.41 bits per heavy atom. The Labute approximate surface area is 165 Å². The number of nitrogens with zero attached hydrogens (tertiary/aromatic N) is 1. The maximum atomic E-state index is 12.5. The van der Waals surface area contributed by atoms with Crippen molar-refractivity contribution in [3.8, 4) is 11.5 Å². The number of hydrogen-bond acceptors (Lipinski definition) is 6. The van der Waals surface area contributed by atoms with E-state index in [1.807, 2.05) is 30.3 Å². The molecule has 144 valence electrons. The van der Waals surface area contributed by atoms with Crippen molar-refractivity contribution in [1.29, 1.82) is 0 Å². The second-order valence-electron chi connectivity index (χ2n) is 5.83. The van der Waals surface area contributed by atoms with Gasteiger partial charge in [0.1, 0.15) is 12.0 Å². The molecule has 29 heavy (non-hydrogen) atoms. The highest BCUT2D eigenvalue weighted by Crippen LogP contribution is 2.29. The summed E-state index contributed by atoms with van der Waals surface area (Å²) in [6, 6.07) is 19.2. The van der Waals surface area contributed by atoms with E-state index in [0.29, 0.717) is 17.2 Å². The number of rotatable bonds is 6. The number of benzene rings is 2. The molecule has 0 radical (unpaired) electrons. The van der Waals surface area contributed by atoms with Gasteiger partial charge in [0, 0.05) is 0 Å². The lowest BCUT2D eigenvalue weighted by Gasteiger charge is -2.11. The molecule has 2 heterocycles. The second-order valence-corrected chi connectivity index (χ2v) is 5.83. The van der Waals surface area contributed by atoms with Crippen LogP contribution in [0.2, 0.25) is 0 Å². The van der Waals surface area contributed by atoms with Gasteiger partial charge in [-0.2, -0.15) is 4.98 Å². The van der Waals surface area contributed by atoms with Crippen LogP contribution in [0, 0.1) is 0 Å². The average molecular weight is 389 g/mol. The molecule has 2 aromatic heterocycles. The molecule has 0 bridgehead atoms. The fraction of sp³-hybridized carbons (Fsp3) is 0. The molecule has 2 aromatic carbocycles. The molecule has 4 aromatic rings. The number of ether oxygens (including phenoxy) is 1. The third-order valence-corrected chi connectivity index (χ3v) is 3.81. The SMILES string of the molecule is O=C(Nc1ccccc1Oc1ccccc1)c1coc(NC(=O)c2ccco2)n1. The number of amides is 2. The van der Waals surface area contributed by atoms with Crippen LogP contribution in [0.5, 0.6) is 11.5 Å². The van der Waals surface area contributed by atoms with E-state index in [1.54, 1.807) is 30.3 Å². The van der Waals surface area contributed by atoms with Crippen molar-refractivity contribution in [2.45, 2.75) is 0 Å². The molecule has 0 saturated heterocycles. The molecule has 0 spiro atoms. The molecule has 2 amide bonds. The minimum atomic E-state index is -0.537. The van der Waals surface area contributed by atoms with E-state index in [2.05, 4.69) is 15.6 Å². The van der Waals surface area contributed by atoms with Crippen LogP contribution in [-0.4, -0.2) is 16.8 Å². The van der Waals surface area contributed by atoms with E-state index in [9.17, 15) is 9.59 Å². The van der Waals surface area contributed by atoms with Crippen LogP contribution in [0.4, 0.5) is 11.7 Å². The van der Waals surface area contributed by atoms with Gasteiger partial charge >= 0.3 is 6.01 Å². The summed E-state index contributed by atoms with van der Waals surface area (Å²) in [5, 5.41) is 5.14. The molecule has 0 aliphatic carbocycles. The summed E-state index contributed by atoms with van der Waals surface area (Å²) in [5.41, 5.74) is 0.458. The molecule has 0 fully saturated rings. The largest absolute Gasteiger partial charge is 0.459 e. The first-order valence-corrected chi connectivity index (χ1v) is 8.63. The van der Waals surface area contributed by atoms with E-state index in [4.69, 9.17) is 13.6 Å². The number of nitrogens with one attached hydrogen (secondary N) is 2. The van der Waals surface area contributed by atoms with Gasteiger partial charge < -0.3 is 18.9 Å². The van der Waals surface area contributed by atoms with Crippen LogP contribution in [-0.2, 0) is 0 Å². The molecule has 4 rings (SSSR count). The maximum Gasteiger partial charge on any atom is 0.302 e. The quantitative estimate of drug-likeness (QED) is 0.500. The smallest absolute Gasteiger partial charge is 0.302 e. The Bertz CT molecular complexity index is 1120. The Morgan fingerprint density at radius 2 is 1.62 bits per heavy atom. The molecule has 0 aliphatic rings. The molecule has 0 saturated carbocycles. The highest BCUT2D eigenvalue weighted by atomic mass is 16.5. The Balaban J connectivity index is 1.45. The number of furan rings is 1. The third-order valence-electron chi connectivity index (χ3n) is 3.81. The van der Waals surface area contributed by atoms with Crippen LogP contribution in [0.15, 0.2) is 88.1 Å². The first-order chi connectivity index (χ1) is 14.2. The summed E-state index contributed by atoms with van der Waals surface area (Å²) in [7, 11) is 0. The van der Waals surface area contributed by atoms with Gasteiger partial charge in [-0.1, -0.05) is 30.3 Å². The number of para-hydroxylation sites is 3. The molecule has 8 nitrogen and oxygen atoms in total. The van der Waals surface area contributed by atoms with Gasteiger partial charge in [-0.15, -0.1) is 0 Å². The van der Waals surface area contributed by atoms with Gasteiger partial charge in [0.05, 0.1) is 12.0 Å². The summed E-state index contributed by atoms with van der Waals surface area (Å²) in [5.74, 6) is 0.156. The lowest BCUT2D eigenvalue weighted by molar-refractivity contribution is 0.0990. The lowest BCUT2D eigenvalue weighted by Crippen LogP contribution is -2.14. The minimum absolute atomic E-state index is 0.00532. The number of oxazole rings is 1. The molecule has 0 aliphatic heterocycles. The van der Waals surface area contributed by atoms with E-state index in [1.165, 1.54) is 12.3 Å². The molecule has 0 atom stereocenters. The Morgan fingerprint density at radius 1 is 0.828 bits per heavy atom. The summed E-state index contributed by atoms with van der Waals surface area (Å²) >= 11 is 0. The molecular weight excluding hydrogens is 374 g/mol. The second kappa shape index (κ2) is 8.13. The molecule has 8 heteroatoms. The van der Waals surface area contributed by atoms with Crippen molar-refractivity contribution < 1.29 is 23.2 Å². The maximum absolute atomic E-state index is 12.5. The number of hydrogen-bond donors (Lipinski definition) is 2. The first-order valence-electron chi connectivity index (χ1n) is 8.63. The highest BCUT2D eigenvalue weighted by Gasteiger charge is 2.17. The summed E-state index contributed by atoms with van der Waals surface area (Å²) in [4.78, 5) is 28.4. The van der Waals surface area contributed by atoms with Gasteiger partial charge in [-0.3, -0.25) is 14.9 Å². The van der Waals surface area contributed by atoms with Gasteiger partial charge in [0.15, 0.2) is 17.2 Å². The van der Waals surface area contributed by atoms with Gasteiger partial charge in [0.25, 0.3) is 11.8 Å². The van der Waals surface area contributed by atoms with Crippen LogP contribution >= 0.6 is 0 Å². The fourth-order valence-electron chi connectivity index (χ4n) is 2.46. The van der Waals surface area contributed by atoms with Crippen molar-refractivity contribution >= 4 is 23.5 Å². The van der Waals surface area contributed by atoms with E-state index in [-0.39, 0.29) is 17.5 Å². The third kappa shape index (κ3) is 4.33. The number of aromatic nitrogens is 1. The normalized spacial score (nSPS) is 10.3. The summed E-state index contributed by atoms with van der Waals surface area (Å²) < 4.78 is 15.9. The van der Waals surface area contributed by atoms with Gasteiger partial charge in [0.2, 0.25) is 0 Å². The fourth-order valence-corrected chi connectivity index (χ4v) is 2.46. The van der Waals surface area contributed by atoms with Crippen LogP contribution in [0.25, 0.3) is 0 Å². The Kier molecular flexibility index (Phi) is 5.06. The predicted molar refractivity (Wildman–Crippen MR) is 104 cm³/mol. The minimum Gasteiger partial charge on any atom is -0.459 e. The van der Waals surface area contributed by atoms with Crippen LogP contribution in [0.1, 0.15) is 21.0 Å². The average Bonchev–Trinajstić information content (AvgIpc) is 3.42. The predicted octanol–water partition coefficient (Wildman–Crippen LogP) is 4.56. The standard InChI is InChI=1S/C21H15N3O5/c25-19(16-13-28-21(23-16)24-20(26)18-11-6-12-27-18)22-15-9-4-5-10-17(15)29-14-7-2-1-3-8-14/h1-13H,(H,22,25)(H,23,24,26). The Hall–Kier alpha value is -4.33. The van der Waals surface area contributed by atoms with E-state index >= 15 is 0 Å². The van der Waals surface area contributed by atoms with Crippen molar-refractivity contribution in [3.05, 3.63) is 90.7 Å². The number of carbonyl (C=O) groups is 2. The van der Waals surface area contributed by atoms with Crippen LogP contribution < -0.4 is 15.4 Å². The monoisotopic (exact) mass is 389 g/mol. The number of carbonyl (C=O) groups excluding carboxylic acids is 2. The molecule has 0 unspecified atom stereocenters. The van der Waals surface area contributed by atoms with E-state index < -0.39 is 11.8 Å². The summed E-state index contributed by atoms with van der Waals surface area (Å²) in [6.45, 7) is 0. The topological polar surface area (TPSA) is 107 Å². The zero-order valence-corrected chi connectivity index (χ0v) is 15.0. The van der Waals surface area contributed by atoms with Crippen molar-refractivity contribution in [3.63, 3.8) is 0 Å². The highest BCUT2D eigenvalue weighted by molar-refractivity contribution is 6.04. The number of anilines is 2. The summed E-state index contributed by atoms with van der Waals surface area (Å²) in [6.07, 6.45) is 2.52. The van der Waals surface area contributed by atoms with Crippen LogP contribution in [0.3, 0.4) is 0 Å².